The summed E-state index contributed by atoms with van der Waals surface area (Å²) in [6.45, 7) is 5.73. The quantitative estimate of drug-likeness (QED) is 0.319. The minimum absolute atomic E-state index is 0.0988. The number of carbonyl (C=O) groups excluding carboxylic acids is 1. The summed E-state index contributed by atoms with van der Waals surface area (Å²) in [5.74, 6) is 0.361. The number of aryl methyl sites for hydroxylation is 1. The Morgan fingerprint density at radius 3 is 2.54 bits per heavy atom. The van der Waals surface area contributed by atoms with E-state index in [-0.39, 0.29) is 12.5 Å². The molecule has 0 fully saturated rings. The lowest BCUT2D eigenvalue weighted by Gasteiger charge is -2.12. The maximum Gasteiger partial charge on any atom is 0.239 e. The molecule has 26 heavy (non-hydrogen) atoms. The number of ether oxygens (including phenoxy) is 1. The predicted octanol–water partition coefficient (Wildman–Crippen LogP) is 0.216. The first-order valence-electron chi connectivity index (χ1n) is 8.35. The Hall–Kier alpha value is -2.13. The third kappa shape index (κ3) is 7.83. The first kappa shape index (κ1) is 21.9. The first-order valence-corrected chi connectivity index (χ1v) is 10.2. The summed E-state index contributed by atoms with van der Waals surface area (Å²) in [6, 6.07) is 5.15. The molecule has 0 atom stereocenters. The van der Waals surface area contributed by atoms with Gasteiger partial charge >= 0.3 is 0 Å². The van der Waals surface area contributed by atoms with E-state index in [1.807, 2.05) is 6.92 Å². The number of methoxy groups -OCH3 is 1. The summed E-state index contributed by atoms with van der Waals surface area (Å²) in [4.78, 5) is 16.5. The fourth-order valence-corrected chi connectivity index (χ4v) is 3.22. The van der Waals surface area contributed by atoms with Crippen LogP contribution in [-0.2, 0) is 25.9 Å². The lowest BCUT2D eigenvalue weighted by Crippen LogP contribution is -2.43. The van der Waals surface area contributed by atoms with Crippen LogP contribution in [0.1, 0.15) is 18.1 Å². The largest absolute Gasteiger partial charge is 0.383 e. The summed E-state index contributed by atoms with van der Waals surface area (Å²) in [5, 5.41) is 8.74. The predicted molar refractivity (Wildman–Crippen MR) is 102 cm³/mol. The first-order chi connectivity index (χ1) is 12.3. The highest BCUT2D eigenvalue weighted by Crippen LogP contribution is 2.17. The van der Waals surface area contributed by atoms with Crippen LogP contribution in [0.5, 0.6) is 0 Å². The molecule has 146 valence electrons. The fraction of sp³-hybridized carbons (Fsp3) is 0.529. The second kappa shape index (κ2) is 10.8. The number of carbonyl (C=O) groups is 1. The minimum Gasteiger partial charge on any atom is -0.383 e. The molecule has 0 spiro atoms. The summed E-state index contributed by atoms with van der Waals surface area (Å²) >= 11 is 0. The zero-order chi connectivity index (χ0) is 19.6. The van der Waals surface area contributed by atoms with Crippen LogP contribution in [0, 0.1) is 6.92 Å². The van der Waals surface area contributed by atoms with E-state index in [4.69, 9.17) is 4.74 Å². The molecule has 0 heterocycles. The minimum atomic E-state index is -3.23. The Kier molecular flexibility index (Phi) is 9.08. The van der Waals surface area contributed by atoms with Crippen LogP contribution in [0.4, 0.5) is 0 Å². The van der Waals surface area contributed by atoms with E-state index < -0.39 is 9.84 Å². The number of nitrogens with one attached hydrogen (secondary N) is 3. The van der Waals surface area contributed by atoms with Gasteiger partial charge in [0.05, 0.1) is 24.6 Å². The number of guanidine groups is 1. The van der Waals surface area contributed by atoms with Gasteiger partial charge < -0.3 is 20.7 Å². The molecule has 0 aliphatic heterocycles. The van der Waals surface area contributed by atoms with E-state index in [0.717, 1.165) is 5.56 Å². The number of aliphatic imine (C=N–C) groups is 1. The number of nitrogens with zero attached hydrogens (tertiary/aromatic N) is 1. The molecular formula is C17H28N4O4S. The van der Waals surface area contributed by atoms with Crippen molar-refractivity contribution in [3.8, 4) is 0 Å². The van der Waals surface area contributed by atoms with Crippen molar-refractivity contribution in [1.82, 2.24) is 16.0 Å². The van der Waals surface area contributed by atoms with Crippen molar-refractivity contribution in [3.63, 3.8) is 0 Å². The van der Waals surface area contributed by atoms with Gasteiger partial charge in [-0.2, -0.15) is 0 Å². The van der Waals surface area contributed by atoms with Gasteiger partial charge in [0.2, 0.25) is 5.91 Å². The maximum atomic E-state index is 11.7. The molecular weight excluding hydrogens is 356 g/mol. The smallest absolute Gasteiger partial charge is 0.239 e. The van der Waals surface area contributed by atoms with E-state index in [1.165, 1.54) is 6.26 Å². The summed E-state index contributed by atoms with van der Waals surface area (Å²) < 4.78 is 28.2. The van der Waals surface area contributed by atoms with Crippen molar-refractivity contribution in [2.24, 2.45) is 4.99 Å². The molecule has 0 saturated carbocycles. The van der Waals surface area contributed by atoms with Gasteiger partial charge in [-0.05, 0) is 31.0 Å². The summed E-state index contributed by atoms with van der Waals surface area (Å²) in [7, 11) is -1.66. The molecule has 9 heteroatoms. The zero-order valence-corrected chi connectivity index (χ0v) is 16.6. The molecule has 0 aliphatic carbocycles. The number of amides is 1. The Balaban J connectivity index is 2.69. The molecule has 1 amide bonds. The van der Waals surface area contributed by atoms with E-state index in [9.17, 15) is 13.2 Å². The van der Waals surface area contributed by atoms with E-state index >= 15 is 0 Å². The van der Waals surface area contributed by atoms with E-state index in [2.05, 4.69) is 20.9 Å². The number of rotatable bonds is 9. The van der Waals surface area contributed by atoms with E-state index in [1.54, 1.807) is 32.2 Å². The third-order valence-electron chi connectivity index (χ3n) is 3.45. The lowest BCUT2D eigenvalue weighted by molar-refractivity contribution is -0.120. The Morgan fingerprint density at radius 2 is 1.96 bits per heavy atom. The van der Waals surface area contributed by atoms with Crippen molar-refractivity contribution in [2.45, 2.75) is 25.3 Å². The average molecular weight is 385 g/mol. The normalized spacial score (nSPS) is 11.9. The van der Waals surface area contributed by atoms with Crippen LogP contribution in [0.3, 0.4) is 0 Å². The van der Waals surface area contributed by atoms with Crippen LogP contribution in [0.25, 0.3) is 0 Å². The Bertz CT molecular complexity index is 732. The fourth-order valence-electron chi connectivity index (χ4n) is 2.26. The van der Waals surface area contributed by atoms with Crippen LogP contribution in [-0.4, -0.2) is 59.9 Å². The topological polar surface area (TPSA) is 109 Å². The molecule has 8 nitrogen and oxygen atoms in total. The third-order valence-corrected chi connectivity index (χ3v) is 4.70. The molecule has 1 aromatic carbocycles. The Labute approximate surface area is 155 Å². The number of hydrogen-bond acceptors (Lipinski definition) is 5. The Morgan fingerprint density at radius 1 is 1.23 bits per heavy atom. The van der Waals surface area contributed by atoms with Gasteiger partial charge in [-0.3, -0.25) is 4.79 Å². The van der Waals surface area contributed by atoms with Crippen LogP contribution < -0.4 is 16.0 Å². The highest BCUT2D eigenvalue weighted by Gasteiger charge is 2.10. The number of sulfone groups is 1. The van der Waals surface area contributed by atoms with Gasteiger partial charge in [0.25, 0.3) is 0 Å². The molecule has 1 rings (SSSR count). The molecule has 0 saturated heterocycles. The van der Waals surface area contributed by atoms with Gasteiger partial charge in [0.1, 0.15) is 0 Å². The van der Waals surface area contributed by atoms with Gasteiger partial charge in [0, 0.05) is 26.5 Å². The molecule has 0 unspecified atom stereocenters. The second-order valence-corrected chi connectivity index (χ2v) is 7.75. The summed E-state index contributed by atoms with van der Waals surface area (Å²) in [5.41, 5.74) is 1.58. The van der Waals surface area contributed by atoms with Gasteiger partial charge in [-0.25, -0.2) is 13.4 Å². The second-order valence-electron chi connectivity index (χ2n) is 5.76. The van der Waals surface area contributed by atoms with Gasteiger partial charge in [0.15, 0.2) is 15.8 Å². The van der Waals surface area contributed by atoms with E-state index in [0.29, 0.717) is 42.7 Å². The number of hydrogen-bond donors (Lipinski definition) is 3. The molecule has 0 bridgehead atoms. The highest BCUT2D eigenvalue weighted by molar-refractivity contribution is 7.90. The SMILES string of the molecule is CCNC(=NCc1ccc(S(C)(=O)=O)c(C)c1)NCC(=O)NCCOC. The average Bonchev–Trinajstić information content (AvgIpc) is 2.56. The van der Waals surface area contributed by atoms with Crippen molar-refractivity contribution >= 4 is 21.7 Å². The van der Waals surface area contributed by atoms with Crippen LogP contribution in [0.15, 0.2) is 28.1 Å². The lowest BCUT2D eigenvalue weighted by atomic mass is 10.1. The van der Waals surface area contributed by atoms with Crippen molar-refractivity contribution in [2.75, 3.05) is 39.6 Å². The zero-order valence-electron chi connectivity index (χ0n) is 15.8. The van der Waals surface area contributed by atoms with Crippen molar-refractivity contribution in [3.05, 3.63) is 29.3 Å². The van der Waals surface area contributed by atoms with Gasteiger partial charge in [-0.15, -0.1) is 0 Å². The molecule has 1 aromatic rings. The van der Waals surface area contributed by atoms with Crippen LogP contribution >= 0.6 is 0 Å². The molecule has 0 aliphatic rings. The van der Waals surface area contributed by atoms with Crippen molar-refractivity contribution in [1.29, 1.82) is 0 Å². The molecule has 3 N–H and O–H groups in total. The summed E-state index contributed by atoms with van der Waals surface area (Å²) in [6.07, 6.45) is 1.19. The molecule has 0 radical (unpaired) electrons. The monoisotopic (exact) mass is 384 g/mol. The van der Waals surface area contributed by atoms with Crippen LogP contribution in [0.2, 0.25) is 0 Å². The number of benzene rings is 1. The standard InChI is InChI=1S/C17H28N4O4S/c1-5-18-17(21-12-16(22)19-8-9-25-3)20-11-14-6-7-15(13(2)10-14)26(4,23)24/h6-7,10H,5,8-9,11-12H2,1-4H3,(H,19,22)(H2,18,20,21). The van der Waals surface area contributed by atoms with Crippen molar-refractivity contribution < 1.29 is 17.9 Å². The highest BCUT2D eigenvalue weighted by atomic mass is 32.2. The van der Waals surface area contributed by atoms with Gasteiger partial charge in [-0.1, -0.05) is 12.1 Å². The molecule has 0 aromatic heterocycles. The maximum absolute atomic E-state index is 11.7.